The lowest BCUT2D eigenvalue weighted by Crippen LogP contribution is -2.39. The number of rotatable bonds is 8. The van der Waals surface area contributed by atoms with Gasteiger partial charge in [-0.25, -0.2) is 4.79 Å². The molecule has 1 aromatic carbocycles. The molecule has 1 atom stereocenters. The molecule has 0 spiro atoms. The topological polar surface area (TPSA) is 59.0 Å². The molecular formula is C14H21NO4. The summed E-state index contributed by atoms with van der Waals surface area (Å²) < 4.78 is 10.2. The zero-order valence-electron chi connectivity index (χ0n) is 11.6. The van der Waals surface area contributed by atoms with Gasteiger partial charge in [-0.1, -0.05) is 12.1 Å². The normalized spacial score (nSPS) is 12.2. The number of nitrogens with zero attached hydrogens (tertiary/aromatic N) is 1. The number of anilines is 1. The van der Waals surface area contributed by atoms with Crippen LogP contribution >= 0.6 is 0 Å². The van der Waals surface area contributed by atoms with Crippen LogP contribution in [0.4, 0.5) is 5.69 Å². The summed E-state index contributed by atoms with van der Waals surface area (Å²) in [5.74, 6) is -0.928. The van der Waals surface area contributed by atoms with Crippen molar-refractivity contribution in [3.8, 4) is 0 Å². The van der Waals surface area contributed by atoms with Crippen molar-refractivity contribution >= 4 is 11.7 Å². The highest BCUT2D eigenvalue weighted by Crippen LogP contribution is 2.22. The molecule has 1 rings (SSSR count). The van der Waals surface area contributed by atoms with E-state index in [1.165, 1.54) is 0 Å². The Balaban J connectivity index is 3.05. The van der Waals surface area contributed by atoms with E-state index in [1.54, 1.807) is 26.4 Å². The summed E-state index contributed by atoms with van der Waals surface area (Å²) in [6.07, 6.45) is 0. The Morgan fingerprint density at radius 1 is 1.32 bits per heavy atom. The van der Waals surface area contributed by atoms with Crippen molar-refractivity contribution in [2.45, 2.75) is 13.0 Å². The molecule has 0 aromatic heterocycles. The van der Waals surface area contributed by atoms with Crippen molar-refractivity contribution < 1.29 is 19.4 Å². The first kappa shape index (κ1) is 15.5. The molecular weight excluding hydrogens is 246 g/mol. The number of hydrogen-bond donors (Lipinski definition) is 1. The Labute approximate surface area is 113 Å². The van der Waals surface area contributed by atoms with Gasteiger partial charge in [-0.3, -0.25) is 0 Å². The molecule has 19 heavy (non-hydrogen) atoms. The summed E-state index contributed by atoms with van der Waals surface area (Å²) in [5.41, 5.74) is 0.984. The van der Waals surface area contributed by atoms with Crippen LogP contribution in [0.15, 0.2) is 24.3 Å². The van der Waals surface area contributed by atoms with Crippen LogP contribution in [0.3, 0.4) is 0 Å². The highest BCUT2D eigenvalue weighted by atomic mass is 16.5. The Morgan fingerprint density at radius 3 is 2.58 bits per heavy atom. The maximum atomic E-state index is 11.3. The summed E-state index contributed by atoms with van der Waals surface area (Å²) in [6, 6.07) is 7.05. The molecule has 5 heteroatoms. The maximum absolute atomic E-state index is 11.3. The van der Waals surface area contributed by atoms with E-state index in [1.807, 2.05) is 24.0 Å². The zero-order chi connectivity index (χ0) is 14.3. The van der Waals surface area contributed by atoms with Crippen molar-refractivity contribution in [2.24, 2.45) is 0 Å². The SMILES string of the molecule is COCCN(c1ccccc1C(=O)O)C(C)COC. The summed E-state index contributed by atoms with van der Waals surface area (Å²) in [6.45, 7) is 3.67. The van der Waals surface area contributed by atoms with Gasteiger partial charge in [0.25, 0.3) is 0 Å². The van der Waals surface area contributed by atoms with Crippen molar-refractivity contribution in [2.75, 3.05) is 38.9 Å². The van der Waals surface area contributed by atoms with Gasteiger partial charge in [0.2, 0.25) is 0 Å². The first-order valence-electron chi connectivity index (χ1n) is 6.18. The van der Waals surface area contributed by atoms with Gasteiger partial charge in [0.15, 0.2) is 0 Å². The largest absolute Gasteiger partial charge is 0.478 e. The molecule has 1 N–H and O–H groups in total. The van der Waals surface area contributed by atoms with Crippen molar-refractivity contribution in [1.82, 2.24) is 0 Å². The molecule has 0 saturated carbocycles. The zero-order valence-corrected chi connectivity index (χ0v) is 11.6. The first-order chi connectivity index (χ1) is 9.11. The number of benzene rings is 1. The minimum atomic E-state index is -0.928. The van der Waals surface area contributed by atoms with Crippen LogP contribution in [0.2, 0.25) is 0 Å². The second-order valence-corrected chi connectivity index (χ2v) is 4.31. The third-order valence-electron chi connectivity index (χ3n) is 2.92. The number of carbonyl (C=O) groups is 1. The minimum absolute atomic E-state index is 0.0700. The van der Waals surface area contributed by atoms with E-state index in [0.717, 1.165) is 0 Å². The van der Waals surface area contributed by atoms with E-state index >= 15 is 0 Å². The van der Waals surface area contributed by atoms with Crippen LogP contribution in [0, 0.1) is 0 Å². The van der Waals surface area contributed by atoms with E-state index in [-0.39, 0.29) is 6.04 Å². The highest BCUT2D eigenvalue weighted by molar-refractivity contribution is 5.94. The average Bonchev–Trinajstić information content (AvgIpc) is 2.40. The Bertz CT molecular complexity index is 408. The van der Waals surface area contributed by atoms with Crippen molar-refractivity contribution in [3.05, 3.63) is 29.8 Å². The van der Waals surface area contributed by atoms with Crippen LogP contribution in [-0.4, -0.2) is 51.1 Å². The maximum Gasteiger partial charge on any atom is 0.337 e. The number of methoxy groups -OCH3 is 2. The standard InChI is InChI=1S/C14H21NO4/c1-11(10-19-3)15(8-9-18-2)13-7-5-4-6-12(13)14(16)17/h4-7,11H,8-10H2,1-3H3,(H,16,17). The average molecular weight is 267 g/mol. The number of para-hydroxylation sites is 1. The van der Waals surface area contributed by atoms with Crippen LogP contribution in [-0.2, 0) is 9.47 Å². The summed E-state index contributed by atoms with van der Waals surface area (Å²) in [5, 5.41) is 9.26. The molecule has 5 nitrogen and oxygen atoms in total. The molecule has 0 fully saturated rings. The summed E-state index contributed by atoms with van der Waals surface area (Å²) in [7, 11) is 3.26. The smallest absolute Gasteiger partial charge is 0.337 e. The van der Waals surface area contributed by atoms with Crippen LogP contribution in [0.1, 0.15) is 17.3 Å². The van der Waals surface area contributed by atoms with Crippen molar-refractivity contribution in [1.29, 1.82) is 0 Å². The van der Waals surface area contributed by atoms with Gasteiger partial charge in [-0.2, -0.15) is 0 Å². The predicted octanol–water partition coefficient (Wildman–Crippen LogP) is 1.87. The minimum Gasteiger partial charge on any atom is -0.478 e. The van der Waals surface area contributed by atoms with Gasteiger partial charge in [-0.05, 0) is 19.1 Å². The van der Waals surface area contributed by atoms with E-state index in [0.29, 0.717) is 31.0 Å². The Kier molecular flexibility index (Phi) is 6.32. The molecule has 0 aliphatic carbocycles. The Morgan fingerprint density at radius 2 is 2.00 bits per heavy atom. The van der Waals surface area contributed by atoms with Gasteiger partial charge in [0, 0.05) is 26.8 Å². The summed E-state index contributed by atoms with van der Waals surface area (Å²) >= 11 is 0. The van der Waals surface area contributed by atoms with Crippen LogP contribution in [0.25, 0.3) is 0 Å². The summed E-state index contributed by atoms with van der Waals surface area (Å²) in [4.78, 5) is 13.3. The van der Waals surface area contributed by atoms with Crippen molar-refractivity contribution in [3.63, 3.8) is 0 Å². The number of carboxylic acid groups (broad SMARTS) is 1. The number of ether oxygens (including phenoxy) is 2. The molecule has 0 saturated heterocycles. The lowest BCUT2D eigenvalue weighted by molar-refractivity contribution is 0.0697. The lowest BCUT2D eigenvalue weighted by atomic mass is 10.1. The van der Waals surface area contributed by atoms with Gasteiger partial charge in [-0.15, -0.1) is 0 Å². The van der Waals surface area contributed by atoms with Crippen LogP contribution < -0.4 is 4.90 Å². The number of carboxylic acids is 1. The molecule has 0 bridgehead atoms. The van der Waals surface area contributed by atoms with Gasteiger partial charge in [0.05, 0.1) is 24.5 Å². The Hall–Kier alpha value is -1.59. The molecule has 106 valence electrons. The van der Waals surface area contributed by atoms with Crippen LogP contribution in [0.5, 0.6) is 0 Å². The fourth-order valence-electron chi connectivity index (χ4n) is 2.00. The first-order valence-corrected chi connectivity index (χ1v) is 6.18. The fraction of sp³-hybridized carbons (Fsp3) is 0.500. The molecule has 1 aromatic rings. The predicted molar refractivity (Wildman–Crippen MR) is 74.0 cm³/mol. The number of aromatic carboxylic acids is 1. The monoisotopic (exact) mass is 267 g/mol. The number of hydrogen-bond acceptors (Lipinski definition) is 4. The molecule has 0 amide bonds. The molecule has 0 aliphatic rings. The van der Waals surface area contributed by atoms with Gasteiger partial charge < -0.3 is 19.5 Å². The molecule has 0 heterocycles. The lowest BCUT2D eigenvalue weighted by Gasteiger charge is -2.31. The molecule has 1 unspecified atom stereocenters. The molecule has 0 radical (unpaired) electrons. The molecule has 0 aliphatic heterocycles. The second kappa shape index (κ2) is 7.76. The third-order valence-corrected chi connectivity index (χ3v) is 2.92. The fourth-order valence-corrected chi connectivity index (χ4v) is 2.00. The van der Waals surface area contributed by atoms with Gasteiger partial charge >= 0.3 is 5.97 Å². The van der Waals surface area contributed by atoms with E-state index in [4.69, 9.17) is 9.47 Å². The van der Waals surface area contributed by atoms with Gasteiger partial charge in [0.1, 0.15) is 0 Å². The second-order valence-electron chi connectivity index (χ2n) is 4.31. The highest BCUT2D eigenvalue weighted by Gasteiger charge is 2.19. The quantitative estimate of drug-likeness (QED) is 0.779. The third kappa shape index (κ3) is 4.22. The van der Waals surface area contributed by atoms with E-state index in [9.17, 15) is 9.90 Å². The van der Waals surface area contributed by atoms with E-state index in [2.05, 4.69) is 0 Å². The van der Waals surface area contributed by atoms with E-state index < -0.39 is 5.97 Å².